The molecule has 7 heteroatoms. The van der Waals surface area contributed by atoms with Gasteiger partial charge in [0.1, 0.15) is 18.1 Å². The molecule has 0 aliphatic heterocycles. The molecule has 3 aromatic rings. The molecule has 4 nitrogen and oxygen atoms in total. The molecular formula is C24H22Cl3NO3. The molecule has 0 aliphatic carbocycles. The van der Waals surface area contributed by atoms with E-state index in [0.29, 0.717) is 38.7 Å². The van der Waals surface area contributed by atoms with Crippen LogP contribution < -0.4 is 14.8 Å². The highest BCUT2D eigenvalue weighted by molar-refractivity contribution is 6.44. The van der Waals surface area contributed by atoms with Crippen LogP contribution in [0.3, 0.4) is 0 Å². The molecule has 0 fully saturated rings. The number of hydrogen-bond acceptors (Lipinski definition) is 3. The summed E-state index contributed by atoms with van der Waals surface area (Å²) >= 11 is 18.2. The zero-order valence-corrected chi connectivity index (χ0v) is 19.7. The average Bonchev–Trinajstić information content (AvgIpc) is 2.73. The van der Waals surface area contributed by atoms with E-state index in [1.807, 2.05) is 32.0 Å². The van der Waals surface area contributed by atoms with Gasteiger partial charge in [0.05, 0.1) is 27.4 Å². The number of halogens is 3. The quantitative estimate of drug-likeness (QED) is 0.358. The monoisotopic (exact) mass is 477 g/mol. The zero-order chi connectivity index (χ0) is 22.5. The lowest BCUT2D eigenvalue weighted by Gasteiger charge is -2.14. The first-order valence-electron chi connectivity index (χ1n) is 9.70. The van der Waals surface area contributed by atoms with Crippen LogP contribution in [0.25, 0.3) is 0 Å². The van der Waals surface area contributed by atoms with E-state index in [-0.39, 0.29) is 12.5 Å². The van der Waals surface area contributed by atoms with Gasteiger partial charge in [-0.25, -0.2) is 0 Å². The summed E-state index contributed by atoms with van der Waals surface area (Å²) in [6.07, 6.45) is 0. The molecular weight excluding hydrogens is 457 g/mol. The van der Waals surface area contributed by atoms with Crippen LogP contribution in [0.4, 0.5) is 5.69 Å². The molecule has 3 rings (SSSR count). The lowest BCUT2D eigenvalue weighted by molar-refractivity contribution is 0.102. The number of hydrogen-bond donors (Lipinski definition) is 1. The van der Waals surface area contributed by atoms with Gasteiger partial charge in [-0.1, -0.05) is 40.9 Å². The number of aryl methyl sites for hydroxylation is 2. The standard InChI is InChI=1S/C24H22Cl3NO3/c1-4-30-23-8-6-16(24(29)28-22-12-20(26)19(25)11-21(22)27)10-17(23)13-31-18-7-5-14(2)15(3)9-18/h5-12H,4,13H2,1-3H3,(H,28,29). The van der Waals surface area contributed by atoms with Crippen molar-refractivity contribution in [1.82, 2.24) is 0 Å². The largest absolute Gasteiger partial charge is 0.493 e. The van der Waals surface area contributed by atoms with Gasteiger partial charge < -0.3 is 14.8 Å². The number of ether oxygens (including phenoxy) is 2. The molecule has 3 aromatic carbocycles. The van der Waals surface area contributed by atoms with Gasteiger partial charge in [0, 0.05) is 11.1 Å². The van der Waals surface area contributed by atoms with Crippen molar-refractivity contribution in [3.8, 4) is 11.5 Å². The van der Waals surface area contributed by atoms with E-state index in [1.54, 1.807) is 18.2 Å². The second-order valence-electron chi connectivity index (χ2n) is 6.99. The lowest BCUT2D eigenvalue weighted by atomic mass is 10.1. The SMILES string of the molecule is CCOc1ccc(C(=O)Nc2cc(Cl)c(Cl)cc2Cl)cc1COc1ccc(C)c(C)c1. The highest BCUT2D eigenvalue weighted by Gasteiger charge is 2.14. The Labute approximate surface area is 197 Å². The Morgan fingerprint density at radius 1 is 0.871 bits per heavy atom. The number of amides is 1. The fourth-order valence-electron chi connectivity index (χ4n) is 2.91. The Balaban J connectivity index is 1.82. The summed E-state index contributed by atoms with van der Waals surface area (Å²) in [6.45, 7) is 6.75. The minimum atomic E-state index is -0.337. The summed E-state index contributed by atoms with van der Waals surface area (Å²) in [6, 6.07) is 14.1. The molecule has 0 radical (unpaired) electrons. The molecule has 0 saturated carbocycles. The minimum absolute atomic E-state index is 0.256. The molecule has 162 valence electrons. The first-order chi connectivity index (χ1) is 14.8. The van der Waals surface area contributed by atoms with E-state index in [0.717, 1.165) is 16.9 Å². The third-order valence-electron chi connectivity index (χ3n) is 4.75. The van der Waals surface area contributed by atoms with Gasteiger partial charge in [0.25, 0.3) is 5.91 Å². The Bertz CT molecular complexity index is 1120. The van der Waals surface area contributed by atoms with Crippen LogP contribution in [0.2, 0.25) is 15.1 Å². The van der Waals surface area contributed by atoms with Gasteiger partial charge in [0.2, 0.25) is 0 Å². The van der Waals surface area contributed by atoms with Crippen molar-refractivity contribution in [2.45, 2.75) is 27.4 Å². The van der Waals surface area contributed by atoms with Gasteiger partial charge >= 0.3 is 0 Å². The summed E-state index contributed by atoms with van der Waals surface area (Å²) in [4.78, 5) is 12.8. The van der Waals surface area contributed by atoms with Crippen LogP contribution >= 0.6 is 34.8 Å². The Kier molecular flexibility index (Phi) is 7.71. The van der Waals surface area contributed by atoms with E-state index in [1.165, 1.54) is 17.7 Å². The number of benzene rings is 3. The first kappa shape index (κ1) is 23.3. The fraction of sp³-hybridized carbons (Fsp3) is 0.208. The zero-order valence-electron chi connectivity index (χ0n) is 17.4. The van der Waals surface area contributed by atoms with E-state index >= 15 is 0 Å². The molecule has 31 heavy (non-hydrogen) atoms. The minimum Gasteiger partial charge on any atom is -0.493 e. The number of carbonyl (C=O) groups excluding carboxylic acids is 1. The van der Waals surface area contributed by atoms with Crippen molar-refractivity contribution >= 4 is 46.4 Å². The molecule has 0 heterocycles. The third-order valence-corrected chi connectivity index (χ3v) is 5.79. The highest BCUT2D eigenvalue weighted by Crippen LogP contribution is 2.33. The highest BCUT2D eigenvalue weighted by atomic mass is 35.5. The molecule has 0 unspecified atom stereocenters. The van der Waals surface area contributed by atoms with Gasteiger partial charge in [-0.2, -0.15) is 0 Å². The number of carbonyl (C=O) groups is 1. The fourth-order valence-corrected chi connectivity index (χ4v) is 3.50. The van der Waals surface area contributed by atoms with Crippen LogP contribution in [-0.4, -0.2) is 12.5 Å². The van der Waals surface area contributed by atoms with Crippen molar-refractivity contribution in [3.63, 3.8) is 0 Å². The molecule has 1 N–H and O–H groups in total. The van der Waals surface area contributed by atoms with Crippen LogP contribution in [0, 0.1) is 13.8 Å². The van der Waals surface area contributed by atoms with E-state index in [2.05, 4.69) is 12.2 Å². The Hall–Kier alpha value is -2.40. The molecule has 0 aromatic heterocycles. The van der Waals surface area contributed by atoms with Crippen LogP contribution in [0.5, 0.6) is 11.5 Å². The number of nitrogens with one attached hydrogen (secondary N) is 1. The molecule has 0 atom stereocenters. The van der Waals surface area contributed by atoms with Crippen molar-refractivity contribution < 1.29 is 14.3 Å². The predicted molar refractivity (Wildman–Crippen MR) is 127 cm³/mol. The third kappa shape index (κ3) is 5.85. The van der Waals surface area contributed by atoms with Crippen LogP contribution in [-0.2, 0) is 6.61 Å². The topological polar surface area (TPSA) is 47.6 Å². The second-order valence-corrected chi connectivity index (χ2v) is 8.21. The van der Waals surface area contributed by atoms with Gasteiger partial charge in [-0.15, -0.1) is 0 Å². The summed E-state index contributed by atoms with van der Waals surface area (Å²) in [5, 5.41) is 3.68. The maximum Gasteiger partial charge on any atom is 0.255 e. The first-order valence-corrected chi connectivity index (χ1v) is 10.8. The normalized spacial score (nSPS) is 10.6. The van der Waals surface area contributed by atoms with Gasteiger partial charge in [0.15, 0.2) is 0 Å². The molecule has 0 bridgehead atoms. The van der Waals surface area contributed by atoms with Crippen molar-refractivity contribution in [2.75, 3.05) is 11.9 Å². The average molecular weight is 479 g/mol. The van der Waals surface area contributed by atoms with Gasteiger partial charge in [-0.05, 0) is 74.4 Å². The van der Waals surface area contributed by atoms with E-state index in [9.17, 15) is 4.79 Å². The van der Waals surface area contributed by atoms with E-state index < -0.39 is 0 Å². The summed E-state index contributed by atoms with van der Waals surface area (Å²) in [7, 11) is 0. The molecule has 0 aliphatic rings. The summed E-state index contributed by atoms with van der Waals surface area (Å²) in [5.74, 6) is 1.08. The smallest absolute Gasteiger partial charge is 0.255 e. The van der Waals surface area contributed by atoms with Crippen molar-refractivity contribution in [2.24, 2.45) is 0 Å². The Morgan fingerprint density at radius 3 is 2.32 bits per heavy atom. The van der Waals surface area contributed by atoms with Gasteiger partial charge in [-0.3, -0.25) is 4.79 Å². The summed E-state index contributed by atoms with van der Waals surface area (Å²) < 4.78 is 11.7. The van der Waals surface area contributed by atoms with Crippen molar-refractivity contribution in [1.29, 1.82) is 0 Å². The van der Waals surface area contributed by atoms with Crippen LogP contribution in [0.1, 0.15) is 34.0 Å². The lowest BCUT2D eigenvalue weighted by Crippen LogP contribution is -2.13. The molecule has 0 spiro atoms. The predicted octanol–water partition coefficient (Wildman–Crippen LogP) is 7.49. The molecule has 1 amide bonds. The number of anilines is 1. The second kappa shape index (κ2) is 10.3. The maximum atomic E-state index is 12.8. The van der Waals surface area contributed by atoms with Crippen molar-refractivity contribution in [3.05, 3.63) is 85.9 Å². The van der Waals surface area contributed by atoms with Crippen LogP contribution in [0.15, 0.2) is 48.5 Å². The Morgan fingerprint density at radius 2 is 1.61 bits per heavy atom. The van der Waals surface area contributed by atoms with E-state index in [4.69, 9.17) is 44.3 Å². The summed E-state index contributed by atoms with van der Waals surface area (Å²) in [5.41, 5.74) is 3.91. The maximum absolute atomic E-state index is 12.8. The number of rotatable bonds is 7. The molecule has 0 saturated heterocycles.